The number of hydrogen-bond donors (Lipinski definition) is 1. The van der Waals surface area contributed by atoms with Gasteiger partial charge in [0, 0.05) is 18.7 Å². The van der Waals surface area contributed by atoms with Gasteiger partial charge in [-0.15, -0.1) is 0 Å². The van der Waals surface area contributed by atoms with Gasteiger partial charge in [-0.2, -0.15) is 0 Å². The van der Waals surface area contributed by atoms with E-state index >= 15 is 0 Å². The van der Waals surface area contributed by atoms with Crippen LogP contribution in [0.4, 0.5) is 4.39 Å². The van der Waals surface area contributed by atoms with Crippen LogP contribution in [0.25, 0.3) is 0 Å². The van der Waals surface area contributed by atoms with Crippen molar-refractivity contribution < 1.29 is 23.7 Å². The number of hydrogen-bond acceptors (Lipinski definition) is 5. The van der Waals surface area contributed by atoms with Crippen LogP contribution in [0.1, 0.15) is 17.2 Å². The third kappa shape index (κ3) is 4.19. The molecule has 0 unspecified atom stereocenters. The van der Waals surface area contributed by atoms with E-state index in [1.807, 2.05) is 18.2 Å². The highest BCUT2D eigenvalue weighted by atomic mass is 35.5. The summed E-state index contributed by atoms with van der Waals surface area (Å²) in [5, 5.41) is 9.93. The van der Waals surface area contributed by atoms with Gasteiger partial charge in [-0.1, -0.05) is 29.8 Å². The molecular formula is C20H23ClFNO4. The summed E-state index contributed by atoms with van der Waals surface area (Å²) in [6.45, 7) is 1.26. The average Bonchev–Trinajstić information content (AvgIpc) is 2.70. The Hall–Kier alpha value is -1.86. The van der Waals surface area contributed by atoms with Crippen LogP contribution in [-0.2, 0) is 11.3 Å². The van der Waals surface area contributed by atoms with Crippen LogP contribution in [0, 0.1) is 5.82 Å². The van der Waals surface area contributed by atoms with E-state index in [0.717, 1.165) is 5.56 Å². The van der Waals surface area contributed by atoms with Gasteiger partial charge in [-0.3, -0.25) is 4.90 Å². The average molecular weight is 396 g/mol. The molecule has 5 nitrogen and oxygen atoms in total. The number of benzene rings is 2. The predicted octanol–water partition coefficient (Wildman–Crippen LogP) is 3.43. The second-order valence-electron chi connectivity index (χ2n) is 6.33. The molecule has 0 bridgehead atoms. The fraction of sp³-hybridized carbons (Fsp3) is 0.400. The summed E-state index contributed by atoms with van der Waals surface area (Å²) in [6.07, 6.45) is -0.431. The molecule has 1 saturated heterocycles. The minimum absolute atomic E-state index is 0.0992. The molecule has 1 N–H and O–H groups in total. The largest absolute Gasteiger partial charge is 0.493 e. The van der Waals surface area contributed by atoms with E-state index in [-0.39, 0.29) is 17.7 Å². The summed E-state index contributed by atoms with van der Waals surface area (Å²) >= 11 is 5.93. The third-order valence-corrected chi connectivity index (χ3v) is 5.08. The zero-order valence-electron chi connectivity index (χ0n) is 15.3. The first-order valence-electron chi connectivity index (χ1n) is 8.70. The lowest BCUT2D eigenvalue weighted by atomic mass is 9.97. The van der Waals surface area contributed by atoms with Gasteiger partial charge >= 0.3 is 0 Å². The SMILES string of the molecule is COc1ccc([C@@H]2[C@@H](CO)OCCN2Cc2cccc(Cl)c2F)cc1OC. The van der Waals surface area contributed by atoms with Gasteiger partial charge in [0.15, 0.2) is 11.5 Å². The zero-order valence-corrected chi connectivity index (χ0v) is 16.1. The van der Waals surface area contributed by atoms with E-state index in [1.165, 1.54) is 6.07 Å². The quantitative estimate of drug-likeness (QED) is 0.812. The Kier molecular flexibility index (Phi) is 6.55. The van der Waals surface area contributed by atoms with E-state index in [4.69, 9.17) is 25.8 Å². The van der Waals surface area contributed by atoms with Gasteiger partial charge in [0.25, 0.3) is 0 Å². The lowest BCUT2D eigenvalue weighted by Gasteiger charge is -2.41. The number of halogens is 2. The molecular weight excluding hydrogens is 373 g/mol. The summed E-state index contributed by atoms with van der Waals surface area (Å²) < 4.78 is 30.9. The maximum atomic E-state index is 14.4. The van der Waals surface area contributed by atoms with Gasteiger partial charge in [-0.25, -0.2) is 4.39 Å². The first-order chi connectivity index (χ1) is 13.1. The molecule has 0 spiro atoms. The highest BCUT2D eigenvalue weighted by Gasteiger charge is 2.34. The predicted molar refractivity (Wildman–Crippen MR) is 101 cm³/mol. The molecule has 27 heavy (non-hydrogen) atoms. The summed E-state index contributed by atoms with van der Waals surface area (Å²) in [5.41, 5.74) is 1.40. The van der Waals surface area contributed by atoms with Gasteiger partial charge in [0.05, 0.1) is 38.5 Å². The van der Waals surface area contributed by atoms with Gasteiger partial charge in [0.2, 0.25) is 0 Å². The molecule has 0 aliphatic carbocycles. The van der Waals surface area contributed by atoms with Crippen LogP contribution >= 0.6 is 11.6 Å². The molecule has 0 radical (unpaired) electrons. The van der Waals surface area contributed by atoms with Crippen LogP contribution in [0.3, 0.4) is 0 Å². The van der Waals surface area contributed by atoms with Gasteiger partial charge in [0.1, 0.15) is 11.9 Å². The summed E-state index contributed by atoms with van der Waals surface area (Å²) in [6, 6.07) is 10.3. The standard InChI is InChI=1S/C20H23ClFNO4/c1-25-16-7-6-13(10-17(16)26-2)20-18(12-24)27-9-8-23(20)11-14-4-3-5-15(21)19(14)22/h3-7,10,18,20,24H,8-9,11-12H2,1-2H3/t18-,20-/m1/s1. The van der Waals surface area contributed by atoms with Crippen molar-refractivity contribution in [3.63, 3.8) is 0 Å². The van der Waals surface area contributed by atoms with Crippen LogP contribution < -0.4 is 9.47 Å². The van der Waals surface area contributed by atoms with Crippen LogP contribution in [-0.4, -0.2) is 50.1 Å². The van der Waals surface area contributed by atoms with Crippen molar-refractivity contribution in [2.75, 3.05) is 34.0 Å². The van der Waals surface area contributed by atoms with Crippen LogP contribution in [0.5, 0.6) is 11.5 Å². The number of aliphatic hydroxyl groups excluding tert-OH is 1. The number of rotatable bonds is 6. The van der Waals surface area contributed by atoms with E-state index in [9.17, 15) is 9.50 Å². The number of aliphatic hydroxyl groups is 1. The first-order valence-corrected chi connectivity index (χ1v) is 9.08. The molecule has 146 valence electrons. The Bertz CT molecular complexity index is 789. The normalized spacial score (nSPS) is 20.5. The Morgan fingerprint density at radius 1 is 1.22 bits per heavy atom. The molecule has 1 heterocycles. The lowest BCUT2D eigenvalue weighted by Crippen LogP contribution is -2.46. The number of methoxy groups -OCH3 is 2. The maximum absolute atomic E-state index is 14.4. The molecule has 2 aromatic rings. The van der Waals surface area contributed by atoms with Crippen molar-refractivity contribution in [3.8, 4) is 11.5 Å². The van der Waals surface area contributed by atoms with Crippen molar-refractivity contribution in [1.29, 1.82) is 0 Å². The van der Waals surface area contributed by atoms with Gasteiger partial charge in [-0.05, 0) is 23.8 Å². The highest BCUT2D eigenvalue weighted by molar-refractivity contribution is 6.30. The summed E-state index contributed by atoms with van der Waals surface area (Å²) in [7, 11) is 3.15. The third-order valence-electron chi connectivity index (χ3n) is 4.79. The van der Waals surface area contributed by atoms with E-state index in [0.29, 0.717) is 36.8 Å². The van der Waals surface area contributed by atoms with Gasteiger partial charge < -0.3 is 19.3 Å². The fourth-order valence-corrected chi connectivity index (χ4v) is 3.66. The summed E-state index contributed by atoms with van der Waals surface area (Å²) in [5.74, 6) is 0.786. The smallest absolute Gasteiger partial charge is 0.161 e. The number of ether oxygens (including phenoxy) is 3. The number of nitrogens with zero attached hydrogens (tertiary/aromatic N) is 1. The molecule has 3 rings (SSSR count). The minimum Gasteiger partial charge on any atom is -0.493 e. The summed E-state index contributed by atoms with van der Waals surface area (Å²) in [4.78, 5) is 2.08. The van der Waals surface area contributed by atoms with Crippen molar-refractivity contribution in [2.24, 2.45) is 0 Å². The molecule has 7 heteroatoms. The zero-order chi connectivity index (χ0) is 19.4. The molecule has 1 fully saturated rings. The second-order valence-corrected chi connectivity index (χ2v) is 6.74. The van der Waals surface area contributed by atoms with Crippen LogP contribution in [0.15, 0.2) is 36.4 Å². The molecule has 0 aromatic heterocycles. The lowest BCUT2D eigenvalue weighted by molar-refractivity contribution is -0.0963. The number of morpholine rings is 1. The Labute approximate surface area is 163 Å². The van der Waals surface area contributed by atoms with E-state index in [2.05, 4.69) is 4.90 Å². The Morgan fingerprint density at radius 2 is 2.00 bits per heavy atom. The van der Waals surface area contributed by atoms with Crippen molar-refractivity contribution in [2.45, 2.75) is 18.7 Å². The molecule has 2 atom stereocenters. The van der Waals surface area contributed by atoms with Crippen molar-refractivity contribution >= 4 is 11.6 Å². The Balaban J connectivity index is 1.96. The minimum atomic E-state index is -0.431. The fourth-order valence-electron chi connectivity index (χ4n) is 3.47. The molecule has 1 aliphatic heterocycles. The Morgan fingerprint density at radius 3 is 2.70 bits per heavy atom. The van der Waals surface area contributed by atoms with Crippen molar-refractivity contribution in [3.05, 3.63) is 58.4 Å². The topological polar surface area (TPSA) is 51.2 Å². The van der Waals surface area contributed by atoms with E-state index in [1.54, 1.807) is 26.4 Å². The van der Waals surface area contributed by atoms with Crippen LogP contribution in [0.2, 0.25) is 5.02 Å². The molecule has 2 aromatic carbocycles. The maximum Gasteiger partial charge on any atom is 0.161 e. The molecule has 0 saturated carbocycles. The molecule has 0 amide bonds. The van der Waals surface area contributed by atoms with Crippen molar-refractivity contribution in [1.82, 2.24) is 4.90 Å². The molecule has 1 aliphatic rings. The highest BCUT2D eigenvalue weighted by Crippen LogP contribution is 2.36. The van der Waals surface area contributed by atoms with E-state index < -0.39 is 11.9 Å². The first kappa shape index (κ1) is 19.9. The monoisotopic (exact) mass is 395 g/mol. The second kappa shape index (κ2) is 8.89.